The Morgan fingerprint density at radius 3 is 2.82 bits per heavy atom. The number of fused-ring (bicyclic) bond motifs is 1. The Hall–Kier alpha value is -1.69. The molecule has 0 fully saturated rings. The molecule has 6 nitrogen and oxygen atoms in total. The molecule has 0 aliphatic carbocycles. The number of aromatic nitrogens is 4. The molecular formula is C10H11ClN4O2. The van der Waals surface area contributed by atoms with Crippen molar-refractivity contribution in [2.75, 3.05) is 0 Å². The van der Waals surface area contributed by atoms with E-state index in [2.05, 4.69) is 15.2 Å². The van der Waals surface area contributed by atoms with Crippen molar-refractivity contribution in [2.24, 2.45) is 0 Å². The SMILES string of the molecule is CC(C)(C)OC(=O)c1cc2nncn2c(Cl)n1. The monoisotopic (exact) mass is 254 g/mol. The number of carbonyl (C=O) groups is 1. The van der Waals surface area contributed by atoms with E-state index < -0.39 is 11.6 Å². The van der Waals surface area contributed by atoms with Crippen molar-refractivity contribution in [1.82, 2.24) is 19.6 Å². The van der Waals surface area contributed by atoms with Crippen LogP contribution in [-0.2, 0) is 4.74 Å². The van der Waals surface area contributed by atoms with Gasteiger partial charge < -0.3 is 4.74 Å². The van der Waals surface area contributed by atoms with Crippen LogP contribution in [0.3, 0.4) is 0 Å². The van der Waals surface area contributed by atoms with Gasteiger partial charge in [0, 0.05) is 6.07 Å². The molecule has 0 saturated heterocycles. The Bertz CT molecular complexity index is 573. The summed E-state index contributed by atoms with van der Waals surface area (Å²) in [4.78, 5) is 15.7. The van der Waals surface area contributed by atoms with Crippen LogP contribution >= 0.6 is 11.6 Å². The topological polar surface area (TPSA) is 69.4 Å². The third kappa shape index (κ3) is 2.52. The largest absolute Gasteiger partial charge is 0.455 e. The maximum Gasteiger partial charge on any atom is 0.357 e. The molecule has 0 spiro atoms. The first-order valence-electron chi connectivity index (χ1n) is 4.96. The molecule has 2 aromatic rings. The summed E-state index contributed by atoms with van der Waals surface area (Å²) in [7, 11) is 0. The lowest BCUT2D eigenvalue weighted by molar-refractivity contribution is 0.00627. The third-order valence-electron chi connectivity index (χ3n) is 1.86. The first-order valence-corrected chi connectivity index (χ1v) is 5.34. The Morgan fingerprint density at radius 1 is 1.47 bits per heavy atom. The Morgan fingerprint density at radius 2 is 2.18 bits per heavy atom. The maximum absolute atomic E-state index is 11.8. The van der Waals surface area contributed by atoms with Gasteiger partial charge in [-0.05, 0) is 32.4 Å². The highest BCUT2D eigenvalue weighted by molar-refractivity contribution is 6.28. The predicted molar refractivity (Wildman–Crippen MR) is 61.0 cm³/mol. The quantitative estimate of drug-likeness (QED) is 0.573. The van der Waals surface area contributed by atoms with Crippen molar-refractivity contribution in [3.05, 3.63) is 23.4 Å². The van der Waals surface area contributed by atoms with Crippen LogP contribution in [-0.4, -0.2) is 31.2 Å². The summed E-state index contributed by atoms with van der Waals surface area (Å²) in [5.74, 6) is -0.537. The van der Waals surface area contributed by atoms with E-state index in [4.69, 9.17) is 16.3 Å². The molecule has 0 aromatic carbocycles. The first-order chi connectivity index (χ1) is 7.87. The molecule has 17 heavy (non-hydrogen) atoms. The lowest BCUT2D eigenvalue weighted by Gasteiger charge is -2.19. The van der Waals surface area contributed by atoms with Crippen LogP contribution in [0.15, 0.2) is 12.4 Å². The van der Waals surface area contributed by atoms with Crippen molar-refractivity contribution in [2.45, 2.75) is 26.4 Å². The van der Waals surface area contributed by atoms with E-state index >= 15 is 0 Å². The zero-order valence-corrected chi connectivity index (χ0v) is 10.4. The minimum atomic E-state index is -0.578. The molecule has 0 radical (unpaired) electrons. The minimum absolute atomic E-state index is 0.116. The predicted octanol–water partition coefficient (Wildman–Crippen LogP) is 1.73. The molecule has 2 aromatic heterocycles. The molecule has 0 amide bonds. The minimum Gasteiger partial charge on any atom is -0.455 e. The van der Waals surface area contributed by atoms with E-state index in [1.54, 1.807) is 20.8 Å². The smallest absolute Gasteiger partial charge is 0.357 e. The van der Waals surface area contributed by atoms with Crippen LogP contribution in [0.4, 0.5) is 0 Å². The van der Waals surface area contributed by atoms with Crippen molar-refractivity contribution in [1.29, 1.82) is 0 Å². The van der Waals surface area contributed by atoms with Crippen LogP contribution in [0.25, 0.3) is 5.65 Å². The fraction of sp³-hybridized carbons (Fsp3) is 0.400. The van der Waals surface area contributed by atoms with Crippen molar-refractivity contribution >= 4 is 23.2 Å². The standard InChI is InChI=1S/C10H11ClN4O2/c1-10(2,3)17-8(16)6-4-7-14-12-5-15(7)9(11)13-6/h4-5H,1-3H3. The summed E-state index contributed by atoms with van der Waals surface area (Å²) in [5.41, 5.74) is -0.0123. The van der Waals surface area contributed by atoms with Crippen LogP contribution in [0.5, 0.6) is 0 Å². The molecule has 0 N–H and O–H groups in total. The van der Waals surface area contributed by atoms with Crippen molar-refractivity contribution in [3.63, 3.8) is 0 Å². The molecule has 2 heterocycles. The number of carbonyl (C=O) groups excluding carboxylic acids is 1. The Kier molecular flexibility index (Phi) is 2.74. The Balaban J connectivity index is 2.39. The van der Waals surface area contributed by atoms with Gasteiger partial charge in [-0.25, -0.2) is 9.78 Å². The molecule has 2 rings (SSSR count). The fourth-order valence-electron chi connectivity index (χ4n) is 1.23. The summed E-state index contributed by atoms with van der Waals surface area (Å²) in [6.07, 6.45) is 1.42. The van der Waals surface area contributed by atoms with Crippen LogP contribution in [0.2, 0.25) is 5.28 Å². The molecule has 0 atom stereocenters. The van der Waals surface area contributed by atoms with E-state index in [-0.39, 0.29) is 11.0 Å². The van der Waals surface area contributed by atoms with E-state index in [1.807, 2.05) is 0 Å². The number of nitrogens with zero attached hydrogens (tertiary/aromatic N) is 4. The van der Waals surface area contributed by atoms with E-state index in [0.717, 1.165) is 0 Å². The average Bonchev–Trinajstić information content (AvgIpc) is 2.63. The van der Waals surface area contributed by atoms with Gasteiger partial charge in [-0.3, -0.25) is 4.40 Å². The van der Waals surface area contributed by atoms with Gasteiger partial charge in [0.25, 0.3) is 0 Å². The zero-order valence-electron chi connectivity index (χ0n) is 9.64. The van der Waals surface area contributed by atoms with Gasteiger partial charge in [0.1, 0.15) is 11.9 Å². The molecule has 0 saturated carbocycles. The third-order valence-corrected chi connectivity index (χ3v) is 2.13. The maximum atomic E-state index is 11.8. The van der Waals surface area contributed by atoms with Crippen molar-refractivity contribution < 1.29 is 9.53 Å². The molecule has 0 unspecified atom stereocenters. The van der Waals surface area contributed by atoms with Crippen LogP contribution in [0.1, 0.15) is 31.3 Å². The summed E-state index contributed by atoms with van der Waals surface area (Å²) in [6.45, 7) is 5.34. The summed E-state index contributed by atoms with van der Waals surface area (Å²) in [6, 6.07) is 1.48. The Labute approximate surface area is 103 Å². The number of hydrogen-bond donors (Lipinski definition) is 0. The molecule has 0 aliphatic heterocycles. The molecule has 7 heteroatoms. The highest BCUT2D eigenvalue weighted by atomic mass is 35.5. The van der Waals surface area contributed by atoms with E-state index in [9.17, 15) is 4.79 Å². The molecule has 0 aliphatic rings. The van der Waals surface area contributed by atoms with Crippen LogP contribution < -0.4 is 0 Å². The first kappa shape index (κ1) is 11.8. The molecule has 0 bridgehead atoms. The second-order valence-electron chi connectivity index (χ2n) is 4.47. The van der Waals surface area contributed by atoms with Gasteiger partial charge in [-0.2, -0.15) is 0 Å². The number of hydrogen-bond acceptors (Lipinski definition) is 5. The number of esters is 1. The summed E-state index contributed by atoms with van der Waals surface area (Å²) >= 11 is 5.88. The van der Waals surface area contributed by atoms with Gasteiger partial charge >= 0.3 is 5.97 Å². The van der Waals surface area contributed by atoms with Gasteiger partial charge in [-0.1, -0.05) is 0 Å². The number of halogens is 1. The van der Waals surface area contributed by atoms with Gasteiger partial charge in [0.2, 0.25) is 5.28 Å². The van der Waals surface area contributed by atoms with Gasteiger partial charge in [0.15, 0.2) is 11.3 Å². The van der Waals surface area contributed by atoms with E-state index in [1.165, 1.54) is 16.8 Å². The highest BCUT2D eigenvalue weighted by Crippen LogP contribution is 2.14. The molecule has 90 valence electrons. The van der Waals surface area contributed by atoms with Crippen LogP contribution in [0, 0.1) is 0 Å². The number of ether oxygens (including phenoxy) is 1. The van der Waals surface area contributed by atoms with E-state index in [0.29, 0.717) is 5.65 Å². The summed E-state index contributed by atoms with van der Waals surface area (Å²) < 4.78 is 6.65. The second kappa shape index (κ2) is 3.96. The average molecular weight is 255 g/mol. The molecular weight excluding hydrogens is 244 g/mol. The lowest BCUT2D eigenvalue weighted by Crippen LogP contribution is -2.24. The zero-order chi connectivity index (χ0) is 12.6. The highest BCUT2D eigenvalue weighted by Gasteiger charge is 2.20. The van der Waals surface area contributed by atoms with Gasteiger partial charge in [-0.15, -0.1) is 10.2 Å². The second-order valence-corrected chi connectivity index (χ2v) is 4.81. The lowest BCUT2D eigenvalue weighted by atomic mass is 10.2. The normalized spacial score (nSPS) is 11.8. The fourth-order valence-corrected chi connectivity index (χ4v) is 1.45. The van der Waals surface area contributed by atoms with Crippen molar-refractivity contribution in [3.8, 4) is 0 Å². The summed E-state index contributed by atoms with van der Waals surface area (Å²) in [5, 5.41) is 7.59. The number of rotatable bonds is 1. The van der Waals surface area contributed by atoms with Gasteiger partial charge in [0.05, 0.1) is 0 Å².